The maximum Gasteiger partial charge on any atom is 0.413 e. The zero-order valence-electron chi connectivity index (χ0n) is 7.60. The van der Waals surface area contributed by atoms with Crippen molar-refractivity contribution in [3.63, 3.8) is 0 Å². The van der Waals surface area contributed by atoms with Gasteiger partial charge in [-0.2, -0.15) is 0 Å². The molecule has 1 rings (SSSR count). The number of nitro groups is 1. The summed E-state index contributed by atoms with van der Waals surface area (Å²) in [6, 6.07) is 0. The number of nitrogens with zero attached hydrogens (tertiary/aromatic N) is 2. The quantitative estimate of drug-likeness (QED) is 0.389. The number of carboxylic acid groups (broad SMARTS) is 1. The highest BCUT2D eigenvalue weighted by Crippen LogP contribution is 2.18. The fourth-order valence-corrected chi connectivity index (χ4v) is 1.21. The first-order valence-electron chi connectivity index (χ1n) is 4.07. The third kappa shape index (κ3) is 1.76. The molecule has 1 saturated heterocycles. The summed E-state index contributed by atoms with van der Waals surface area (Å²) in [5, 5.41) is 19.1. The Balaban J connectivity index is 3.08. The molecule has 0 aromatic heterocycles. The van der Waals surface area contributed by atoms with E-state index in [0.29, 0.717) is 13.1 Å². The summed E-state index contributed by atoms with van der Waals surface area (Å²) in [7, 11) is 0. The first-order valence-corrected chi connectivity index (χ1v) is 4.07. The van der Waals surface area contributed by atoms with Crippen molar-refractivity contribution in [1.82, 2.24) is 4.90 Å². The van der Waals surface area contributed by atoms with Crippen molar-refractivity contribution in [2.45, 2.75) is 6.92 Å². The summed E-state index contributed by atoms with van der Waals surface area (Å²) in [5.74, 6) is -1.73. The van der Waals surface area contributed by atoms with Crippen LogP contribution in [0.1, 0.15) is 6.92 Å². The van der Waals surface area contributed by atoms with Crippen molar-refractivity contribution in [2.75, 3.05) is 19.7 Å². The molecule has 1 N–H and O–H groups in total. The Kier molecular flexibility index (Phi) is 2.90. The molecule has 0 aromatic rings. The van der Waals surface area contributed by atoms with E-state index in [1.807, 2.05) is 0 Å². The normalized spacial score (nSPS) is 19.1. The van der Waals surface area contributed by atoms with Crippen LogP contribution in [0.5, 0.6) is 0 Å². The molecule has 0 bridgehead atoms. The Hall–Kier alpha value is -1.79. The van der Waals surface area contributed by atoms with Crippen LogP contribution in [0.2, 0.25) is 0 Å². The van der Waals surface area contributed by atoms with Gasteiger partial charge >= 0.3 is 11.7 Å². The van der Waals surface area contributed by atoms with E-state index in [4.69, 9.17) is 9.84 Å². The molecule has 0 spiro atoms. The summed E-state index contributed by atoms with van der Waals surface area (Å²) >= 11 is 0. The third-order valence-electron chi connectivity index (χ3n) is 1.86. The second-order valence-electron chi connectivity index (χ2n) is 2.64. The molecule has 7 nitrogen and oxygen atoms in total. The van der Waals surface area contributed by atoms with E-state index in [9.17, 15) is 14.9 Å². The van der Waals surface area contributed by atoms with Crippen molar-refractivity contribution in [3.05, 3.63) is 21.7 Å². The molecule has 1 fully saturated rings. The lowest BCUT2D eigenvalue weighted by Gasteiger charge is -2.12. The predicted octanol–water partition coefficient (Wildman–Crippen LogP) is -0.131. The summed E-state index contributed by atoms with van der Waals surface area (Å²) in [6.07, 6.45) is 0. The fourth-order valence-electron chi connectivity index (χ4n) is 1.21. The van der Waals surface area contributed by atoms with E-state index >= 15 is 0 Å². The van der Waals surface area contributed by atoms with Gasteiger partial charge in [-0.15, -0.1) is 0 Å². The van der Waals surface area contributed by atoms with Gasteiger partial charge in [0.15, 0.2) is 0 Å². The van der Waals surface area contributed by atoms with E-state index in [-0.39, 0.29) is 12.5 Å². The molecule has 1 aliphatic rings. The van der Waals surface area contributed by atoms with Crippen LogP contribution >= 0.6 is 0 Å². The van der Waals surface area contributed by atoms with Crippen LogP contribution < -0.4 is 0 Å². The molecule has 1 heterocycles. The lowest BCUT2D eigenvalue weighted by atomic mass is 10.4. The highest BCUT2D eigenvalue weighted by Gasteiger charge is 2.34. The molecular formula is C7H10N2O5. The van der Waals surface area contributed by atoms with Gasteiger partial charge in [-0.3, -0.25) is 10.1 Å². The second kappa shape index (κ2) is 3.95. The molecule has 0 radical (unpaired) electrons. The number of ether oxygens (including phenoxy) is 1. The molecule has 0 aromatic carbocycles. The third-order valence-corrected chi connectivity index (χ3v) is 1.86. The summed E-state index contributed by atoms with van der Waals surface area (Å²) in [6.45, 7) is 3.03. The minimum absolute atomic E-state index is 0.148. The number of likely N-dealkylation sites (N-methyl/N-ethyl adjacent to an activating group) is 1. The van der Waals surface area contributed by atoms with Gasteiger partial charge in [0.2, 0.25) is 0 Å². The minimum Gasteiger partial charge on any atom is -0.473 e. The Morgan fingerprint density at radius 1 is 1.79 bits per heavy atom. The molecule has 0 aliphatic carbocycles. The number of hydrogen-bond acceptors (Lipinski definition) is 5. The van der Waals surface area contributed by atoms with Gasteiger partial charge in [-0.05, 0) is 6.92 Å². The van der Waals surface area contributed by atoms with E-state index in [1.165, 1.54) is 4.90 Å². The molecule has 14 heavy (non-hydrogen) atoms. The van der Waals surface area contributed by atoms with E-state index in [0.717, 1.165) is 0 Å². The van der Waals surface area contributed by atoms with E-state index < -0.39 is 16.6 Å². The van der Waals surface area contributed by atoms with Gasteiger partial charge in [0.25, 0.3) is 5.88 Å². The maximum absolute atomic E-state index is 10.6. The van der Waals surface area contributed by atoms with Gasteiger partial charge in [-0.25, -0.2) is 4.79 Å². The zero-order valence-corrected chi connectivity index (χ0v) is 7.60. The lowest BCUT2D eigenvalue weighted by Crippen LogP contribution is -2.24. The van der Waals surface area contributed by atoms with Crippen LogP contribution in [-0.4, -0.2) is 40.6 Å². The number of carboxylic acids is 1. The Morgan fingerprint density at radius 2 is 2.43 bits per heavy atom. The predicted molar refractivity (Wildman–Crippen MR) is 44.9 cm³/mol. The first kappa shape index (κ1) is 10.3. The van der Waals surface area contributed by atoms with Gasteiger partial charge in [0, 0.05) is 6.54 Å². The largest absolute Gasteiger partial charge is 0.473 e. The summed E-state index contributed by atoms with van der Waals surface area (Å²) < 4.78 is 4.92. The van der Waals surface area contributed by atoms with Crippen LogP contribution in [-0.2, 0) is 9.53 Å². The monoisotopic (exact) mass is 202 g/mol. The molecule has 0 amide bonds. The smallest absolute Gasteiger partial charge is 0.413 e. The summed E-state index contributed by atoms with van der Waals surface area (Å²) in [5.41, 5.74) is -0.899. The van der Waals surface area contributed by atoms with Crippen LogP contribution in [0.4, 0.5) is 0 Å². The van der Waals surface area contributed by atoms with Crippen LogP contribution in [0.25, 0.3) is 0 Å². The molecule has 0 unspecified atom stereocenters. The Morgan fingerprint density at radius 3 is 2.86 bits per heavy atom. The van der Waals surface area contributed by atoms with E-state index in [2.05, 4.69) is 0 Å². The van der Waals surface area contributed by atoms with Gasteiger partial charge < -0.3 is 14.7 Å². The van der Waals surface area contributed by atoms with Crippen LogP contribution in [0, 0.1) is 10.1 Å². The molecule has 7 heteroatoms. The van der Waals surface area contributed by atoms with Gasteiger partial charge in [0.1, 0.15) is 6.61 Å². The highest BCUT2D eigenvalue weighted by atomic mass is 16.6. The second-order valence-corrected chi connectivity index (χ2v) is 2.64. The van der Waals surface area contributed by atoms with Gasteiger partial charge in [-0.1, -0.05) is 0 Å². The molecule has 78 valence electrons. The molecule has 1 aliphatic heterocycles. The van der Waals surface area contributed by atoms with Crippen LogP contribution in [0.3, 0.4) is 0 Å². The number of carbonyl (C=O) groups is 1. The lowest BCUT2D eigenvalue weighted by molar-refractivity contribution is -0.425. The van der Waals surface area contributed by atoms with Crippen molar-refractivity contribution < 1.29 is 19.6 Å². The summed E-state index contributed by atoms with van der Waals surface area (Å²) in [4.78, 5) is 21.6. The molecular weight excluding hydrogens is 192 g/mol. The zero-order chi connectivity index (χ0) is 10.7. The number of hydrogen-bond donors (Lipinski definition) is 1. The SMILES string of the molecule is CCN1CCOC1=C(C(=O)O)[N+](=O)[O-]. The van der Waals surface area contributed by atoms with Crippen molar-refractivity contribution in [2.24, 2.45) is 0 Å². The minimum atomic E-state index is -1.58. The van der Waals surface area contributed by atoms with Crippen LogP contribution in [0.15, 0.2) is 11.6 Å². The average Bonchev–Trinajstić information content (AvgIpc) is 2.51. The van der Waals surface area contributed by atoms with Crippen molar-refractivity contribution >= 4 is 5.97 Å². The van der Waals surface area contributed by atoms with Crippen molar-refractivity contribution in [1.29, 1.82) is 0 Å². The molecule has 0 saturated carbocycles. The highest BCUT2D eigenvalue weighted by molar-refractivity contribution is 5.84. The molecule has 0 atom stereocenters. The first-order chi connectivity index (χ1) is 6.57. The average molecular weight is 202 g/mol. The number of aliphatic carboxylic acids is 1. The fraction of sp³-hybridized carbons (Fsp3) is 0.571. The van der Waals surface area contributed by atoms with E-state index in [1.54, 1.807) is 6.92 Å². The standard InChI is InChI=1S/C7H10N2O5/c1-2-8-3-4-14-6(8)5(7(10)11)9(12)13/h2-4H2,1H3,(H,10,11). The topological polar surface area (TPSA) is 92.9 Å². The Labute approximate surface area is 79.7 Å². The number of rotatable bonds is 3. The van der Waals surface area contributed by atoms with Gasteiger partial charge in [0.05, 0.1) is 11.5 Å². The Bertz CT molecular complexity index is 282. The maximum atomic E-state index is 10.6. The van der Waals surface area contributed by atoms with Crippen molar-refractivity contribution in [3.8, 4) is 0 Å².